The Morgan fingerprint density at radius 2 is 2.27 bits per heavy atom. The van der Waals surface area contributed by atoms with E-state index in [1.165, 1.54) is 7.05 Å². The Kier molecular flexibility index (Phi) is 3.65. The first-order valence-corrected chi connectivity index (χ1v) is 2.83. The van der Waals surface area contributed by atoms with Crippen molar-refractivity contribution < 1.29 is 9.90 Å². The number of likely N-dealkylation sites (N-methyl/N-ethyl adjacent to an activating group) is 1. The molecule has 0 rings (SSSR count). The van der Waals surface area contributed by atoms with Crippen molar-refractivity contribution in [3.8, 4) is 12.1 Å². The first kappa shape index (κ1) is 9.41. The minimum Gasteiger partial charge on any atom is -0.479 e. The highest BCUT2D eigenvalue weighted by molar-refractivity contribution is 5.76. The number of aliphatic carboxylic acids is 1. The molecule has 0 fully saturated rings. The van der Waals surface area contributed by atoms with Gasteiger partial charge in [-0.2, -0.15) is 10.5 Å². The quantitative estimate of drug-likeness (QED) is 0.548. The molecular weight excluding hydrogens is 146 g/mol. The van der Waals surface area contributed by atoms with Gasteiger partial charge in [0.1, 0.15) is 0 Å². The van der Waals surface area contributed by atoms with Crippen LogP contribution in [0.4, 0.5) is 0 Å². The normalized spacial score (nSPS) is 11.6. The number of carboxylic acids is 1. The van der Waals surface area contributed by atoms with Crippen molar-refractivity contribution in [3.05, 3.63) is 0 Å². The van der Waals surface area contributed by atoms with Gasteiger partial charge >= 0.3 is 5.97 Å². The van der Waals surface area contributed by atoms with Crippen molar-refractivity contribution in [2.45, 2.75) is 6.04 Å². The highest BCUT2D eigenvalue weighted by Crippen LogP contribution is 1.93. The Bertz CT molecular complexity index is 225. The van der Waals surface area contributed by atoms with E-state index in [1.807, 2.05) is 0 Å². The second kappa shape index (κ2) is 4.26. The minimum atomic E-state index is -1.23. The lowest BCUT2D eigenvalue weighted by atomic mass is 10.3. The molecule has 5 heteroatoms. The van der Waals surface area contributed by atoms with Crippen molar-refractivity contribution in [2.24, 2.45) is 0 Å². The fourth-order valence-corrected chi connectivity index (χ4v) is 0.545. The predicted molar refractivity (Wildman–Crippen MR) is 35.3 cm³/mol. The van der Waals surface area contributed by atoms with E-state index in [0.717, 1.165) is 4.90 Å². The second-order valence-corrected chi connectivity index (χ2v) is 1.94. The Morgan fingerprint density at radius 3 is 2.55 bits per heavy atom. The maximum atomic E-state index is 10.3. The molecule has 0 aromatic rings. The van der Waals surface area contributed by atoms with Gasteiger partial charge in [-0.3, -0.25) is 4.90 Å². The summed E-state index contributed by atoms with van der Waals surface area (Å²) in [7, 11) is 1.41. The number of rotatable bonds is 3. The average molecular weight is 153 g/mol. The van der Waals surface area contributed by atoms with E-state index in [-0.39, 0.29) is 6.54 Å². The maximum absolute atomic E-state index is 10.3. The maximum Gasteiger partial charge on any atom is 0.335 e. The molecule has 0 amide bonds. The monoisotopic (exact) mass is 153 g/mol. The predicted octanol–water partition coefficient (Wildman–Crippen LogP) is -0.581. The Balaban J connectivity index is 4.19. The third-order valence-electron chi connectivity index (χ3n) is 1.12. The van der Waals surface area contributed by atoms with Gasteiger partial charge in [-0.15, -0.1) is 0 Å². The van der Waals surface area contributed by atoms with E-state index in [0.29, 0.717) is 0 Å². The summed E-state index contributed by atoms with van der Waals surface area (Å²) in [4.78, 5) is 11.4. The van der Waals surface area contributed by atoms with E-state index in [2.05, 4.69) is 0 Å². The smallest absolute Gasteiger partial charge is 0.335 e. The van der Waals surface area contributed by atoms with Crippen LogP contribution in [-0.4, -0.2) is 35.6 Å². The second-order valence-electron chi connectivity index (χ2n) is 1.94. The van der Waals surface area contributed by atoms with Crippen LogP contribution in [0.2, 0.25) is 0 Å². The van der Waals surface area contributed by atoms with Gasteiger partial charge in [0.25, 0.3) is 0 Å². The van der Waals surface area contributed by atoms with E-state index in [1.54, 1.807) is 12.1 Å². The Labute approximate surface area is 64.1 Å². The average Bonchev–Trinajstić information content (AvgIpc) is 1.88. The summed E-state index contributed by atoms with van der Waals surface area (Å²) in [6, 6.07) is 2.08. The fourth-order valence-electron chi connectivity index (χ4n) is 0.545. The zero-order valence-corrected chi connectivity index (χ0v) is 5.98. The van der Waals surface area contributed by atoms with Crippen molar-refractivity contribution >= 4 is 5.97 Å². The van der Waals surface area contributed by atoms with E-state index >= 15 is 0 Å². The summed E-state index contributed by atoms with van der Waals surface area (Å²) in [6.45, 7) is -0.0650. The SMILES string of the molecule is CN(CC#N)C(C#N)C(=O)O. The Hall–Kier alpha value is -1.59. The first-order chi connectivity index (χ1) is 5.13. The number of hydrogen-bond acceptors (Lipinski definition) is 4. The van der Waals surface area contributed by atoms with Crippen LogP contribution in [0.1, 0.15) is 0 Å². The van der Waals surface area contributed by atoms with Crippen LogP contribution in [0.3, 0.4) is 0 Å². The lowest BCUT2D eigenvalue weighted by molar-refractivity contribution is -0.140. The molecule has 1 unspecified atom stereocenters. The van der Waals surface area contributed by atoms with E-state index in [9.17, 15) is 4.79 Å². The van der Waals surface area contributed by atoms with Crippen LogP contribution < -0.4 is 0 Å². The highest BCUT2D eigenvalue weighted by Gasteiger charge is 2.20. The minimum absolute atomic E-state index is 0.0650. The lowest BCUT2D eigenvalue weighted by Gasteiger charge is -2.13. The van der Waals surface area contributed by atoms with Gasteiger partial charge in [-0.25, -0.2) is 4.79 Å². The molecule has 11 heavy (non-hydrogen) atoms. The van der Waals surface area contributed by atoms with Crippen LogP contribution in [0.15, 0.2) is 0 Å². The lowest BCUT2D eigenvalue weighted by Crippen LogP contribution is -2.37. The van der Waals surface area contributed by atoms with E-state index in [4.69, 9.17) is 15.6 Å². The van der Waals surface area contributed by atoms with Gasteiger partial charge in [0, 0.05) is 0 Å². The summed E-state index contributed by atoms with van der Waals surface area (Å²) >= 11 is 0. The molecule has 0 aliphatic heterocycles. The number of nitriles is 2. The molecule has 0 aliphatic carbocycles. The molecular formula is C6H7N3O2. The molecule has 0 heterocycles. The van der Waals surface area contributed by atoms with Crippen molar-refractivity contribution in [1.82, 2.24) is 4.90 Å². The molecule has 58 valence electrons. The molecule has 5 nitrogen and oxygen atoms in total. The zero-order valence-electron chi connectivity index (χ0n) is 5.98. The molecule has 0 aliphatic rings. The van der Waals surface area contributed by atoms with E-state index < -0.39 is 12.0 Å². The third kappa shape index (κ3) is 2.65. The fraction of sp³-hybridized carbons (Fsp3) is 0.500. The third-order valence-corrected chi connectivity index (χ3v) is 1.12. The summed E-state index contributed by atoms with van der Waals surface area (Å²) in [5, 5.41) is 24.9. The van der Waals surface area contributed by atoms with Crippen LogP contribution in [0, 0.1) is 22.7 Å². The van der Waals surface area contributed by atoms with Crippen LogP contribution in [0.5, 0.6) is 0 Å². The molecule has 0 saturated carbocycles. The van der Waals surface area contributed by atoms with Gasteiger partial charge < -0.3 is 5.11 Å². The van der Waals surface area contributed by atoms with Crippen LogP contribution >= 0.6 is 0 Å². The largest absolute Gasteiger partial charge is 0.479 e. The summed E-state index contributed by atoms with van der Waals surface area (Å²) in [5.74, 6) is -1.23. The van der Waals surface area contributed by atoms with Gasteiger partial charge in [-0.1, -0.05) is 0 Å². The zero-order chi connectivity index (χ0) is 8.85. The molecule has 0 aromatic heterocycles. The summed E-state index contributed by atoms with van der Waals surface area (Å²) < 4.78 is 0. The molecule has 0 bridgehead atoms. The van der Waals surface area contributed by atoms with Gasteiger partial charge in [0.05, 0.1) is 18.7 Å². The number of carboxylic acid groups (broad SMARTS) is 1. The molecule has 0 saturated heterocycles. The molecule has 1 atom stereocenters. The molecule has 0 spiro atoms. The number of hydrogen-bond donors (Lipinski definition) is 1. The van der Waals surface area contributed by atoms with Gasteiger partial charge in [0.15, 0.2) is 6.04 Å². The van der Waals surface area contributed by atoms with Crippen molar-refractivity contribution in [1.29, 1.82) is 10.5 Å². The molecule has 1 N–H and O–H groups in total. The van der Waals surface area contributed by atoms with Gasteiger partial charge in [-0.05, 0) is 7.05 Å². The highest BCUT2D eigenvalue weighted by atomic mass is 16.4. The standard InChI is InChI=1S/C6H7N3O2/c1-9(3-2-7)5(4-8)6(10)11/h5H,3H2,1H3,(H,10,11). The van der Waals surface area contributed by atoms with Crippen LogP contribution in [-0.2, 0) is 4.79 Å². The number of nitrogens with zero attached hydrogens (tertiary/aromatic N) is 3. The van der Waals surface area contributed by atoms with Crippen LogP contribution in [0.25, 0.3) is 0 Å². The van der Waals surface area contributed by atoms with Gasteiger partial charge in [0.2, 0.25) is 0 Å². The summed E-state index contributed by atoms with van der Waals surface area (Å²) in [5.41, 5.74) is 0. The Morgan fingerprint density at radius 1 is 1.73 bits per heavy atom. The van der Waals surface area contributed by atoms with Crippen molar-refractivity contribution in [2.75, 3.05) is 13.6 Å². The van der Waals surface area contributed by atoms with Crippen molar-refractivity contribution in [3.63, 3.8) is 0 Å². The first-order valence-electron chi connectivity index (χ1n) is 2.83. The molecule has 0 aromatic carbocycles. The number of carbonyl (C=O) groups is 1. The topological polar surface area (TPSA) is 88.1 Å². The molecule has 0 radical (unpaired) electrons. The summed E-state index contributed by atoms with van der Waals surface area (Å²) in [6.07, 6.45) is 0.